The molecule has 0 atom stereocenters. The molecule has 1 aliphatic carbocycles. The fourth-order valence-corrected chi connectivity index (χ4v) is 4.32. The van der Waals surface area contributed by atoms with Crippen molar-refractivity contribution in [3.63, 3.8) is 0 Å². The van der Waals surface area contributed by atoms with Gasteiger partial charge < -0.3 is 19.5 Å². The van der Waals surface area contributed by atoms with E-state index < -0.39 is 22.6 Å². The Morgan fingerprint density at radius 1 is 1.00 bits per heavy atom. The van der Waals surface area contributed by atoms with E-state index in [9.17, 15) is 9.59 Å². The van der Waals surface area contributed by atoms with Gasteiger partial charge in [0.2, 0.25) is 5.95 Å². The lowest BCUT2D eigenvalue weighted by Gasteiger charge is -2.41. The monoisotopic (exact) mass is 540 g/mol. The van der Waals surface area contributed by atoms with Crippen molar-refractivity contribution in [2.45, 2.75) is 52.5 Å². The highest BCUT2D eigenvalue weighted by Crippen LogP contribution is 2.31. The molecule has 2 aliphatic rings. The van der Waals surface area contributed by atoms with Gasteiger partial charge in [0.15, 0.2) is 5.79 Å². The van der Waals surface area contributed by atoms with E-state index >= 15 is 0 Å². The number of benzene rings is 2. The molecule has 0 amide bonds. The minimum atomic E-state index is -0.705. The van der Waals surface area contributed by atoms with Crippen molar-refractivity contribution >= 4 is 23.2 Å². The number of nitrogens with one attached hydrogen (secondary N) is 1. The summed E-state index contributed by atoms with van der Waals surface area (Å²) in [4.78, 5) is 31.2. The Labute approximate surface area is 226 Å². The number of aromatic nitrogens is 3. The zero-order valence-electron chi connectivity index (χ0n) is 21.9. The van der Waals surface area contributed by atoms with Gasteiger partial charge >= 0.3 is 11.4 Å². The number of halogens is 1. The molecule has 2 fully saturated rings. The number of rotatable bonds is 9. The Kier molecular flexibility index (Phi) is 7.35. The van der Waals surface area contributed by atoms with Crippen molar-refractivity contribution in [2.24, 2.45) is 11.3 Å². The molecule has 5 rings (SSSR count). The number of nitrogens with zero attached hydrogens (tertiary/aromatic N) is 3. The summed E-state index contributed by atoms with van der Waals surface area (Å²) in [5.74, 6) is 0.883. The van der Waals surface area contributed by atoms with E-state index in [1.165, 1.54) is 17.4 Å². The predicted molar refractivity (Wildman–Crippen MR) is 145 cm³/mol. The van der Waals surface area contributed by atoms with Crippen molar-refractivity contribution < 1.29 is 14.2 Å². The van der Waals surface area contributed by atoms with Gasteiger partial charge in [0.1, 0.15) is 5.75 Å². The van der Waals surface area contributed by atoms with Crippen LogP contribution in [0.25, 0.3) is 0 Å². The van der Waals surface area contributed by atoms with Crippen LogP contribution in [-0.4, -0.2) is 39.7 Å². The van der Waals surface area contributed by atoms with E-state index in [0.717, 1.165) is 22.5 Å². The van der Waals surface area contributed by atoms with E-state index in [1.54, 1.807) is 12.1 Å². The minimum absolute atomic E-state index is 0.113. The first-order valence-corrected chi connectivity index (χ1v) is 13.2. The molecule has 10 heteroatoms. The molecule has 38 heavy (non-hydrogen) atoms. The molecule has 0 unspecified atom stereocenters. The zero-order valence-corrected chi connectivity index (χ0v) is 22.7. The van der Waals surface area contributed by atoms with Crippen LogP contribution in [0, 0.1) is 11.3 Å². The summed E-state index contributed by atoms with van der Waals surface area (Å²) < 4.78 is 20.1. The van der Waals surface area contributed by atoms with Gasteiger partial charge in [-0.05, 0) is 74.6 Å². The van der Waals surface area contributed by atoms with E-state index in [4.69, 9.17) is 25.8 Å². The summed E-state index contributed by atoms with van der Waals surface area (Å²) in [6.07, 6.45) is 2.44. The van der Waals surface area contributed by atoms with Crippen LogP contribution in [0.1, 0.15) is 39.2 Å². The Hall–Kier alpha value is -3.14. The Bertz CT molecular complexity index is 1380. The highest BCUT2D eigenvalue weighted by Gasteiger charge is 2.38. The molecule has 2 aromatic carbocycles. The molecule has 0 bridgehead atoms. The number of hydrogen-bond donors (Lipinski definition) is 1. The van der Waals surface area contributed by atoms with Gasteiger partial charge in [-0.3, -0.25) is 4.57 Å². The lowest BCUT2D eigenvalue weighted by atomic mass is 9.91. The maximum atomic E-state index is 13.7. The van der Waals surface area contributed by atoms with Crippen molar-refractivity contribution in [2.75, 3.05) is 25.1 Å². The first-order chi connectivity index (χ1) is 18.1. The maximum Gasteiger partial charge on any atom is 0.354 e. The average molecular weight is 541 g/mol. The molecule has 202 valence electrons. The van der Waals surface area contributed by atoms with Gasteiger partial charge in [0.05, 0.1) is 26.4 Å². The molecule has 1 aliphatic heterocycles. The smallest absolute Gasteiger partial charge is 0.354 e. The Balaban J connectivity index is 1.44. The first-order valence-electron chi connectivity index (χ1n) is 12.8. The van der Waals surface area contributed by atoms with Crippen LogP contribution in [0.3, 0.4) is 0 Å². The van der Waals surface area contributed by atoms with Gasteiger partial charge in [-0.15, -0.1) is 0 Å². The molecule has 3 aromatic rings. The highest BCUT2D eigenvalue weighted by molar-refractivity contribution is 6.30. The normalized spacial score (nSPS) is 18.2. The largest absolute Gasteiger partial charge is 0.493 e. The SMILES string of the molecule is CC1(Cn2c(=O)nc(Nc3ccc(OCC4CC4)cc3)n(Cc3ccc(Cl)cc3)c2=O)COC(C)(C)OC1. The third-order valence-corrected chi connectivity index (χ3v) is 7.03. The molecular weight excluding hydrogens is 508 g/mol. The van der Waals surface area contributed by atoms with Gasteiger partial charge in [-0.25, -0.2) is 14.2 Å². The van der Waals surface area contributed by atoms with Crippen LogP contribution in [0.15, 0.2) is 58.1 Å². The summed E-state index contributed by atoms with van der Waals surface area (Å²) in [6, 6.07) is 14.6. The highest BCUT2D eigenvalue weighted by atomic mass is 35.5. The van der Waals surface area contributed by atoms with Crippen molar-refractivity contribution in [1.29, 1.82) is 0 Å². The standard InChI is InChI=1S/C28H33ClN4O5/c1-27(2)37-17-28(3,18-38-27)16-33-25(34)31-24(32(26(33)35)14-19-6-8-21(29)9-7-19)30-22-10-12-23(13-11-22)36-15-20-4-5-20/h6-13,20H,4-5,14-18H2,1-3H3,(H,30,31,34). The third-order valence-electron chi connectivity index (χ3n) is 6.77. The van der Waals surface area contributed by atoms with E-state index in [0.29, 0.717) is 29.8 Å². The number of ether oxygens (including phenoxy) is 3. The first kappa shape index (κ1) is 26.5. The molecule has 0 radical (unpaired) electrons. The van der Waals surface area contributed by atoms with Crippen LogP contribution >= 0.6 is 11.6 Å². The average Bonchev–Trinajstić information content (AvgIpc) is 3.72. The van der Waals surface area contributed by atoms with Gasteiger partial charge in [0, 0.05) is 22.7 Å². The van der Waals surface area contributed by atoms with E-state index in [1.807, 2.05) is 57.2 Å². The fourth-order valence-electron chi connectivity index (χ4n) is 4.19. The number of anilines is 2. The second kappa shape index (κ2) is 10.6. The Morgan fingerprint density at radius 3 is 2.29 bits per heavy atom. The molecule has 1 saturated carbocycles. The van der Waals surface area contributed by atoms with E-state index in [2.05, 4.69) is 10.3 Å². The predicted octanol–water partition coefficient (Wildman–Crippen LogP) is 4.43. The summed E-state index contributed by atoms with van der Waals surface area (Å²) in [5.41, 5.74) is -0.157. The number of hydrogen-bond acceptors (Lipinski definition) is 7. The van der Waals surface area contributed by atoms with Crippen LogP contribution < -0.4 is 21.4 Å². The third kappa shape index (κ3) is 6.46. The molecule has 1 N–H and O–H groups in total. The lowest BCUT2D eigenvalue weighted by Crippen LogP contribution is -2.51. The second-order valence-corrected chi connectivity index (χ2v) is 11.4. The molecule has 2 heterocycles. The second-order valence-electron chi connectivity index (χ2n) is 11.0. The topological polar surface area (TPSA) is 96.6 Å². The molecular formula is C28H33ClN4O5. The summed E-state index contributed by atoms with van der Waals surface area (Å²) in [7, 11) is 0. The minimum Gasteiger partial charge on any atom is -0.493 e. The Morgan fingerprint density at radius 2 is 1.66 bits per heavy atom. The van der Waals surface area contributed by atoms with Crippen molar-refractivity contribution in [3.8, 4) is 5.75 Å². The van der Waals surface area contributed by atoms with Crippen LogP contribution in [-0.2, 0) is 22.6 Å². The lowest BCUT2D eigenvalue weighted by molar-refractivity contribution is -0.284. The van der Waals surface area contributed by atoms with E-state index in [-0.39, 0.29) is 19.0 Å². The molecule has 1 saturated heterocycles. The van der Waals surface area contributed by atoms with Gasteiger partial charge in [-0.2, -0.15) is 4.98 Å². The van der Waals surface area contributed by atoms with Gasteiger partial charge in [0.25, 0.3) is 0 Å². The summed E-state index contributed by atoms with van der Waals surface area (Å²) >= 11 is 6.06. The van der Waals surface area contributed by atoms with Crippen molar-refractivity contribution in [3.05, 3.63) is 80.1 Å². The van der Waals surface area contributed by atoms with Crippen molar-refractivity contribution in [1.82, 2.24) is 14.1 Å². The molecule has 1 aromatic heterocycles. The quantitative estimate of drug-likeness (QED) is 0.429. The molecule has 0 spiro atoms. The van der Waals surface area contributed by atoms with Crippen LogP contribution in [0.2, 0.25) is 5.02 Å². The molecule has 9 nitrogen and oxygen atoms in total. The summed E-state index contributed by atoms with van der Waals surface area (Å²) in [6.45, 7) is 7.33. The van der Waals surface area contributed by atoms with Gasteiger partial charge in [-0.1, -0.05) is 30.7 Å². The maximum absolute atomic E-state index is 13.7. The fraction of sp³-hybridized carbons (Fsp3) is 0.464. The zero-order chi connectivity index (χ0) is 26.9. The summed E-state index contributed by atoms with van der Waals surface area (Å²) in [5, 5.41) is 3.75. The van der Waals surface area contributed by atoms with Crippen LogP contribution in [0.5, 0.6) is 5.75 Å². The van der Waals surface area contributed by atoms with Crippen LogP contribution in [0.4, 0.5) is 11.6 Å².